The molecule has 1 aromatic heterocycles. The SMILES string of the molecule is Brc1ccc(Cn2c(-c3cccc(Br)c3)nc3ccccc32)cc1. The van der Waals surface area contributed by atoms with Gasteiger partial charge in [-0.2, -0.15) is 0 Å². The number of para-hydroxylation sites is 2. The van der Waals surface area contributed by atoms with Crippen LogP contribution in [0.1, 0.15) is 5.56 Å². The minimum Gasteiger partial charge on any atom is -0.319 e. The first kappa shape index (κ1) is 15.6. The van der Waals surface area contributed by atoms with Gasteiger partial charge < -0.3 is 4.57 Å². The molecule has 2 nitrogen and oxygen atoms in total. The third-order valence-corrected chi connectivity index (χ3v) is 5.01. The van der Waals surface area contributed by atoms with Crippen molar-refractivity contribution in [1.82, 2.24) is 9.55 Å². The quantitative estimate of drug-likeness (QED) is 0.366. The Morgan fingerprint density at radius 3 is 2.38 bits per heavy atom. The maximum Gasteiger partial charge on any atom is 0.141 e. The third kappa shape index (κ3) is 3.04. The number of rotatable bonds is 3. The van der Waals surface area contributed by atoms with Crippen LogP contribution in [0, 0.1) is 0 Å². The first-order chi connectivity index (χ1) is 11.7. The molecule has 0 aliphatic heterocycles. The van der Waals surface area contributed by atoms with Crippen LogP contribution >= 0.6 is 31.9 Å². The molecule has 0 bridgehead atoms. The minimum absolute atomic E-state index is 0.787. The van der Waals surface area contributed by atoms with Crippen LogP contribution in [-0.2, 0) is 6.54 Å². The van der Waals surface area contributed by atoms with Crippen LogP contribution < -0.4 is 0 Å². The van der Waals surface area contributed by atoms with Gasteiger partial charge in [0.2, 0.25) is 0 Å². The van der Waals surface area contributed by atoms with Gasteiger partial charge in [0.1, 0.15) is 5.82 Å². The molecule has 4 rings (SSSR count). The van der Waals surface area contributed by atoms with E-state index in [1.807, 2.05) is 18.2 Å². The van der Waals surface area contributed by atoms with Crippen LogP contribution in [-0.4, -0.2) is 9.55 Å². The molecule has 1 heterocycles. The number of hydrogen-bond donors (Lipinski definition) is 0. The van der Waals surface area contributed by atoms with Crippen LogP contribution in [0.5, 0.6) is 0 Å². The molecular weight excluding hydrogens is 428 g/mol. The Balaban J connectivity index is 1.88. The van der Waals surface area contributed by atoms with Crippen molar-refractivity contribution in [1.29, 1.82) is 0 Å². The lowest BCUT2D eigenvalue weighted by atomic mass is 10.2. The lowest BCUT2D eigenvalue weighted by molar-refractivity contribution is 0.834. The number of aromatic nitrogens is 2. The molecule has 0 fully saturated rings. The Kier molecular flexibility index (Phi) is 4.25. The van der Waals surface area contributed by atoms with Gasteiger partial charge in [-0.1, -0.05) is 68.3 Å². The highest BCUT2D eigenvalue weighted by atomic mass is 79.9. The van der Waals surface area contributed by atoms with E-state index in [0.29, 0.717) is 0 Å². The number of nitrogens with zero attached hydrogens (tertiary/aromatic N) is 2. The molecule has 0 aliphatic carbocycles. The Hall–Kier alpha value is -1.91. The fraction of sp³-hybridized carbons (Fsp3) is 0.0500. The first-order valence-corrected chi connectivity index (χ1v) is 9.25. The van der Waals surface area contributed by atoms with Crippen molar-refractivity contribution in [3.63, 3.8) is 0 Å². The van der Waals surface area contributed by atoms with Crippen molar-refractivity contribution in [3.05, 3.63) is 87.3 Å². The summed E-state index contributed by atoms with van der Waals surface area (Å²) in [6, 6.07) is 25.0. The van der Waals surface area contributed by atoms with Gasteiger partial charge in [-0.15, -0.1) is 0 Å². The van der Waals surface area contributed by atoms with E-state index in [9.17, 15) is 0 Å². The van der Waals surface area contributed by atoms with Crippen molar-refractivity contribution in [2.75, 3.05) is 0 Å². The van der Waals surface area contributed by atoms with Crippen LogP contribution in [0.3, 0.4) is 0 Å². The lowest BCUT2D eigenvalue weighted by Crippen LogP contribution is -2.02. The monoisotopic (exact) mass is 440 g/mol. The predicted octanol–water partition coefficient (Wildman–Crippen LogP) is 6.28. The summed E-state index contributed by atoms with van der Waals surface area (Å²) in [7, 11) is 0. The topological polar surface area (TPSA) is 17.8 Å². The molecule has 3 aromatic carbocycles. The molecule has 24 heavy (non-hydrogen) atoms. The van der Waals surface area contributed by atoms with Gasteiger partial charge in [-0.05, 0) is 42.0 Å². The van der Waals surface area contributed by atoms with E-state index in [1.165, 1.54) is 5.56 Å². The molecule has 0 saturated carbocycles. The molecule has 0 unspecified atom stereocenters. The molecule has 0 N–H and O–H groups in total. The second-order valence-corrected chi connectivity index (χ2v) is 7.48. The number of fused-ring (bicyclic) bond motifs is 1. The Morgan fingerprint density at radius 1 is 0.792 bits per heavy atom. The minimum atomic E-state index is 0.787. The van der Waals surface area contributed by atoms with E-state index in [-0.39, 0.29) is 0 Å². The van der Waals surface area contributed by atoms with E-state index >= 15 is 0 Å². The largest absolute Gasteiger partial charge is 0.319 e. The van der Waals surface area contributed by atoms with Crippen molar-refractivity contribution in [2.45, 2.75) is 6.54 Å². The molecule has 0 spiro atoms. The summed E-state index contributed by atoms with van der Waals surface area (Å²) in [5.41, 5.74) is 4.52. The van der Waals surface area contributed by atoms with Crippen LogP contribution in [0.25, 0.3) is 22.4 Å². The van der Waals surface area contributed by atoms with E-state index in [0.717, 1.165) is 37.9 Å². The molecule has 0 atom stereocenters. The molecule has 0 saturated heterocycles. The highest BCUT2D eigenvalue weighted by Crippen LogP contribution is 2.28. The summed E-state index contributed by atoms with van der Waals surface area (Å²) in [5, 5.41) is 0. The predicted molar refractivity (Wildman–Crippen MR) is 106 cm³/mol. The normalized spacial score (nSPS) is 11.1. The molecular formula is C20H14Br2N2. The highest BCUT2D eigenvalue weighted by molar-refractivity contribution is 9.10. The summed E-state index contributed by atoms with van der Waals surface area (Å²) in [6.07, 6.45) is 0. The summed E-state index contributed by atoms with van der Waals surface area (Å²) < 4.78 is 4.43. The molecule has 4 aromatic rings. The molecule has 4 heteroatoms. The number of imidazole rings is 1. The van der Waals surface area contributed by atoms with Crippen molar-refractivity contribution in [3.8, 4) is 11.4 Å². The Bertz CT molecular complexity index is 1000. The van der Waals surface area contributed by atoms with Gasteiger partial charge in [0.25, 0.3) is 0 Å². The summed E-state index contributed by atoms with van der Waals surface area (Å²) in [6.45, 7) is 0.787. The van der Waals surface area contributed by atoms with E-state index in [2.05, 4.69) is 91.0 Å². The third-order valence-electron chi connectivity index (χ3n) is 3.99. The second kappa shape index (κ2) is 6.54. The van der Waals surface area contributed by atoms with E-state index in [1.54, 1.807) is 0 Å². The maximum absolute atomic E-state index is 4.87. The first-order valence-electron chi connectivity index (χ1n) is 7.66. The summed E-state index contributed by atoms with van der Waals surface area (Å²) in [4.78, 5) is 4.87. The van der Waals surface area contributed by atoms with Crippen molar-refractivity contribution < 1.29 is 0 Å². The Morgan fingerprint density at radius 2 is 1.58 bits per heavy atom. The molecule has 0 amide bonds. The summed E-state index contributed by atoms with van der Waals surface area (Å²) >= 11 is 7.06. The smallest absolute Gasteiger partial charge is 0.141 e. The number of halogens is 2. The van der Waals surface area contributed by atoms with Crippen LogP contribution in [0.4, 0.5) is 0 Å². The van der Waals surface area contributed by atoms with Crippen molar-refractivity contribution >= 4 is 42.9 Å². The van der Waals surface area contributed by atoms with Gasteiger partial charge in [0.15, 0.2) is 0 Å². The van der Waals surface area contributed by atoms with Gasteiger partial charge in [-0.25, -0.2) is 4.98 Å². The molecule has 118 valence electrons. The number of benzene rings is 3. The highest BCUT2D eigenvalue weighted by Gasteiger charge is 2.13. The van der Waals surface area contributed by atoms with E-state index in [4.69, 9.17) is 4.98 Å². The standard InChI is InChI=1S/C20H14Br2N2/c21-16-10-8-14(9-11-16)13-24-19-7-2-1-6-18(19)23-20(24)15-4-3-5-17(22)12-15/h1-12H,13H2. The number of hydrogen-bond acceptors (Lipinski definition) is 1. The summed E-state index contributed by atoms with van der Waals surface area (Å²) in [5.74, 6) is 0.986. The van der Waals surface area contributed by atoms with Crippen molar-refractivity contribution in [2.24, 2.45) is 0 Å². The van der Waals surface area contributed by atoms with E-state index < -0.39 is 0 Å². The van der Waals surface area contributed by atoms with Crippen LogP contribution in [0.2, 0.25) is 0 Å². The molecule has 0 aliphatic rings. The average Bonchev–Trinajstić information content (AvgIpc) is 2.96. The van der Waals surface area contributed by atoms with Gasteiger partial charge in [0.05, 0.1) is 11.0 Å². The Labute approximate surface area is 157 Å². The molecule has 0 radical (unpaired) electrons. The zero-order valence-corrected chi connectivity index (χ0v) is 16.0. The van der Waals surface area contributed by atoms with Gasteiger partial charge in [0, 0.05) is 21.1 Å². The fourth-order valence-electron chi connectivity index (χ4n) is 2.86. The second-order valence-electron chi connectivity index (χ2n) is 5.65. The zero-order valence-electron chi connectivity index (χ0n) is 12.8. The maximum atomic E-state index is 4.87. The zero-order chi connectivity index (χ0) is 16.5. The lowest BCUT2D eigenvalue weighted by Gasteiger charge is -2.10. The van der Waals surface area contributed by atoms with Gasteiger partial charge in [-0.3, -0.25) is 0 Å². The fourth-order valence-corrected chi connectivity index (χ4v) is 3.52. The average molecular weight is 442 g/mol. The van der Waals surface area contributed by atoms with Gasteiger partial charge >= 0.3 is 0 Å². The van der Waals surface area contributed by atoms with Crippen LogP contribution in [0.15, 0.2) is 81.7 Å².